The number of aromatic nitrogens is 2. The summed E-state index contributed by atoms with van der Waals surface area (Å²) in [5, 5.41) is 0. The average Bonchev–Trinajstić information content (AvgIpc) is 2.15. The van der Waals surface area contributed by atoms with E-state index in [1.807, 2.05) is 0 Å². The van der Waals surface area contributed by atoms with E-state index < -0.39 is 6.03 Å². The lowest BCUT2D eigenvalue weighted by atomic mass is 10.6. The number of rotatable bonds is 3. The average molecular weight is 183 g/mol. The van der Waals surface area contributed by atoms with Crippen LogP contribution in [0.1, 0.15) is 0 Å². The number of nitrogens with zero attached hydrogens (tertiary/aromatic N) is 2. The van der Waals surface area contributed by atoms with Gasteiger partial charge in [0.05, 0.1) is 7.11 Å². The number of nitrogens with two attached hydrogens (primary N) is 1. The summed E-state index contributed by atoms with van der Waals surface area (Å²) in [5.74, 6) is 0.599. The first kappa shape index (κ1) is 9.04. The fraction of sp³-hybridized carbons (Fsp3) is 0.167. The molecule has 7 heteroatoms. The molecule has 13 heavy (non-hydrogen) atoms. The number of hydrogen-bond donors (Lipinski definition) is 3. The number of primary amides is 1. The van der Waals surface area contributed by atoms with Gasteiger partial charge in [-0.15, -0.1) is 0 Å². The van der Waals surface area contributed by atoms with Crippen LogP contribution in [0.4, 0.5) is 10.7 Å². The van der Waals surface area contributed by atoms with Crippen molar-refractivity contribution in [3.63, 3.8) is 0 Å². The summed E-state index contributed by atoms with van der Waals surface area (Å²) in [5.41, 5.74) is 9.32. The van der Waals surface area contributed by atoms with Gasteiger partial charge in [0.2, 0.25) is 11.8 Å². The van der Waals surface area contributed by atoms with Crippen molar-refractivity contribution in [2.24, 2.45) is 5.73 Å². The fourth-order valence-corrected chi connectivity index (χ4v) is 0.634. The molecule has 0 aromatic carbocycles. The van der Waals surface area contributed by atoms with Gasteiger partial charge < -0.3 is 10.5 Å². The molecule has 1 heterocycles. The summed E-state index contributed by atoms with van der Waals surface area (Å²) < 4.78 is 4.83. The van der Waals surface area contributed by atoms with E-state index in [0.717, 1.165) is 0 Å². The maximum Gasteiger partial charge on any atom is 0.330 e. The number of anilines is 1. The molecule has 0 aliphatic heterocycles. The molecule has 0 aliphatic carbocycles. The largest absolute Gasteiger partial charge is 0.481 e. The van der Waals surface area contributed by atoms with Crippen LogP contribution in [-0.2, 0) is 0 Å². The number of carbonyl (C=O) groups is 1. The predicted octanol–water partition coefficient (Wildman–Crippen LogP) is -0.520. The summed E-state index contributed by atoms with van der Waals surface area (Å²) in [6.07, 6.45) is 1.48. The first-order chi connectivity index (χ1) is 6.22. The Bertz CT molecular complexity index is 303. The third-order valence-electron chi connectivity index (χ3n) is 1.14. The highest BCUT2D eigenvalue weighted by Gasteiger charge is 1.98. The number of nitrogens with one attached hydrogen (secondary N) is 2. The van der Waals surface area contributed by atoms with E-state index in [9.17, 15) is 4.79 Å². The third kappa shape index (κ3) is 2.81. The standard InChI is InChI=1S/C6H9N5O2/c1-13-4-2-3-8-6(9-4)11-10-5(7)12/h2-3H,1H3,(H3,7,10,12)(H,8,9,11). The van der Waals surface area contributed by atoms with E-state index in [-0.39, 0.29) is 5.95 Å². The zero-order chi connectivity index (χ0) is 9.68. The molecule has 1 aromatic heterocycles. The van der Waals surface area contributed by atoms with Crippen LogP contribution in [0.25, 0.3) is 0 Å². The molecule has 1 aromatic rings. The van der Waals surface area contributed by atoms with Gasteiger partial charge >= 0.3 is 6.03 Å². The Hall–Kier alpha value is -2.05. The highest BCUT2D eigenvalue weighted by Crippen LogP contribution is 2.05. The van der Waals surface area contributed by atoms with E-state index in [4.69, 9.17) is 10.5 Å². The number of methoxy groups -OCH3 is 1. The highest BCUT2D eigenvalue weighted by atomic mass is 16.5. The van der Waals surface area contributed by atoms with E-state index in [1.165, 1.54) is 13.3 Å². The minimum Gasteiger partial charge on any atom is -0.481 e. The Morgan fingerprint density at radius 2 is 2.46 bits per heavy atom. The number of carbonyl (C=O) groups excluding carboxylic acids is 1. The summed E-state index contributed by atoms with van der Waals surface area (Å²) in [6.45, 7) is 0. The topological polar surface area (TPSA) is 102 Å². The lowest BCUT2D eigenvalue weighted by Gasteiger charge is -2.04. The molecule has 2 amide bonds. The second-order valence-electron chi connectivity index (χ2n) is 2.04. The van der Waals surface area contributed by atoms with Crippen molar-refractivity contribution < 1.29 is 9.53 Å². The molecule has 1 rings (SSSR count). The smallest absolute Gasteiger partial charge is 0.330 e. The number of hydrogen-bond acceptors (Lipinski definition) is 5. The van der Waals surface area contributed by atoms with Crippen LogP contribution in [0, 0.1) is 0 Å². The molecule has 70 valence electrons. The third-order valence-corrected chi connectivity index (χ3v) is 1.14. The van der Waals surface area contributed by atoms with Crippen LogP contribution in [-0.4, -0.2) is 23.1 Å². The van der Waals surface area contributed by atoms with Crippen molar-refractivity contribution in [2.45, 2.75) is 0 Å². The summed E-state index contributed by atoms with van der Waals surface area (Å²) in [4.78, 5) is 17.9. The van der Waals surface area contributed by atoms with Gasteiger partial charge in [-0.1, -0.05) is 0 Å². The molecular formula is C6H9N5O2. The SMILES string of the molecule is COc1ccnc(NNC(N)=O)n1. The van der Waals surface area contributed by atoms with Gasteiger partial charge in [0, 0.05) is 12.3 Å². The number of amides is 2. The maximum absolute atomic E-state index is 10.3. The Labute approximate surface area is 74.3 Å². The van der Waals surface area contributed by atoms with E-state index in [2.05, 4.69) is 20.8 Å². The van der Waals surface area contributed by atoms with Gasteiger partial charge in [-0.25, -0.2) is 15.2 Å². The van der Waals surface area contributed by atoms with Gasteiger partial charge in [-0.2, -0.15) is 4.98 Å². The molecule has 0 saturated carbocycles. The molecule has 0 bridgehead atoms. The lowest BCUT2D eigenvalue weighted by molar-refractivity contribution is 0.250. The summed E-state index contributed by atoms with van der Waals surface area (Å²) >= 11 is 0. The normalized spacial score (nSPS) is 9.00. The van der Waals surface area contributed by atoms with Crippen LogP contribution >= 0.6 is 0 Å². The number of ether oxygens (including phenoxy) is 1. The van der Waals surface area contributed by atoms with Gasteiger partial charge in [-0.05, 0) is 0 Å². The zero-order valence-electron chi connectivity index (χ0n) is 6.94. The van der Waals surface area contributed by atoms with Crippen molar-refractivity contribution in [1.29, 1.82) is 0 Å². The second kappa shape index (κ2) is 4.10. The summed E-state index contributed by atoms with van der Waals surface area (Å²) in [7, 11) is 1.48. The van der Waals surface area contributed by atoms with Gasteiger partial charge in [0.1, 0.15) is 0 Å². The van der Waals surface area contributed by atoms with E-state index in [0.29, 0.717) is 5.88 Å². The monoisotopic (exact) mass is 183 g/mol. The number of urea groups is 1. The Morgan fingerprint density at radius 3 is 3.08 bits per heavy atom. The molecule has 0 spiro atoms. The first-order valence-corrected chi connectivity index (χ1v) is 3.41. The fourth-order valence-electron chi connectivity index (χ4n) is 0.634. The minimum absolute atomic E-state index is 0.207. The predicted molar refractivity (Wildman–Crippen MR) is 44.9 cm³/mol. The summed E-state index contributed by atoms with van der Waals surface area (Å²) in [6, 6.07) is 0.863. The van der Waals surface area contributed by atoms with E-state index >= 15 is 0 Å². The molecule has 0 radical (unpaired) electrons. The molecule has 0 unspecified atom stereocenters. The Morgan fingerprint density at radius 1 is 1.69 bits per heavy atom. The minimum atomic E-state index is -0.716. The first-order valence-electron chi connectivity index (χ1n) is 3.41. The van der Waals surface area contributed by atoms with Gasteiger partial charge in [0.15, 0.2) is 0 Å². The van der Waals surface area contributed by atoms with Crippen molar-refractivity contribution >= 4 is 12.0 Å². The molecule has 0 aliphatic rings. The molecular weight excluding hydrogens is 174 g/mol. The molecule has 7 nitrogen and oxygen atoms in total. The highest BCUT2D eigenvalue weighted by molar-refractivity contribution is 5.72. The Balaban J connectivity index is 2.61. The molecule has 0 saturated heterocycles. The van der Waals surface area contributed by atoms with Crippen molar-refractivity contribution in [3.05, 3.63) is 12.3 Å². The van der Waals surface area contributed by atoms with Crippen LogP contribution < -0.4 is 21.3 Å². The van der Waals surface area contributed by atoms with Crippen molar-refractivity contribution in [2.75, 3.05) is 12.5 Å². The molecule has 0 atom stereocenters. The lowest BCUT2D eigenvalue weighted by Crippen LogP contribution is -2.34. The van der Waals surface area contributed by atoms with Crippen LogP contribution in [0.5, 0.6) is 5.88 Å². The van der Waals surface area contributed by atoms with Gasteiger partial charge in [-0.3, -0.25) is 5.43 Å². The molecule has 4 N–H and O–H groups in total. The van der Waals surface area contributed by atoms with Crippen molar-refractivity contribution in [1.82, 2.24) is 15.4 Å². The van der Waals surface area contributed by atoms with Crippen LogP contribution in [0.3, 0.4) is 0 Å². The maximum atomic E-state index is 10.3. The Kier molecular flexibility index (Phi) is 2.85. The van der Waals surface area contributed by atoms with E-state index in [1.54, 1.807) is 6.07 Å². The zero-order valence-corrected chi connectivity index (χ0v) is 6.94. The van der Waals surface area contributed by atoms with Crippen molar-refractivity contribution in [3.8, 4) is 5.88 Å². The quantitative estimate of drug-likeness (QED) is 0.547. The number of hydrazine groups is 1. The van der Waals surface area contributed by atoms with Crippen LogP contribution in [0.15, 0.2) is 12.3 Å². The van der Waals surface area contributed by atoms with Gasteiger partial charge in [0.25, 0.3) is 0 Å². The second-order valence-corrected chi connectivity index (χ2v) is 2.04. The van der Waals surface area contributed by atoms with Crippen LogP contribution in [0.2, 0.25) is 0 Å². The molecule has 0 fully saturated rings.